The van der Waals surface area contributed by atoms with Crippen LogP contribution in [0.3, 0.4) is 0 Å². The first kappa shape index (κ1) is 21.7. The highest BCUT2D eigenvalue weighted by molar-refractivity contribution is 7.99. The van der Waals surface area contributed by atoms with E-state index < -0.39 is 4.92 Å². The second-order valence-electron chi connectivity index (χ2n) is 6.65. The normalized spacial score (nSPS) is 10.2. The molecule has 0 saturated heterocycles. The Morgan fingerprint density at radius 1 is 1.10 bits per heavy atom. The Bertz CT molecular complexity index is 1190. The van der Waals surface area contributed by atoms with Crippen molar-refractivity contribution in [2.75, 3.05) is 19.8 Å². The fourth-order valence-electron chi connectivity index (χ4n) is 2.76. The standard InChI is InChI=1S/C22H18N4O4S/c1-25(2)22(27)14-7-9-16(10-8-14)31-17-11-18(24)21(26(28)29)20(12-17)30-19-6-4-3-5-15(19)13-23/h3-12H,24H2,1-2H3. The molecule has 3 aromatic carbocycles. The average molecular weight is 434 g/mol. The molecule has 31 heavy (non-hydrogen) atoms. The predicted octanol–water partition coefficient (Wildman–Crippen LogP) is 4.69. The van der Waals surface area contributed by atoms with Crippen LogP contribution in [0.25, 0.3) is 0 Å². The number of hydrogen-bond donors (Lipinski definition) is 1. The van der Waals surface area contributed by atoms with E-state index in [4.69, 9.17) is 10.5 Å². The highest BCUT2D eigenvalue weighted by Crippen LogP contribution is 2.42. The maximum Gasteiger partial charge on any atom is 0.334 e. The van der Waals surface area contributed by atoms with E-state index in [-0.39, 0.29) is 34.3 Å². The number of carbonyl (C=O) groups excluding carboxylic acids is 1. The van der Waals surface area contributed by atoms with Crippen molar-refractivity contribution in [3.05, 3.63) is 81.9 Å². The molecular formula is C22H18N4O4S. The predicted molar refractivity (Wildman–Crippen MR) is 117 cm³/mol. The minimum Gasteiger partial charge on any atom is -0.449 e. The quantitative estimate of drug-likeness (QED) is 0.339. The van der Waals surface area contributed by atoms with Gasteiger partial charge in [0.2, 0.25) is 5.75 Å². The first-order chi connectivity index (χ1) is 14.8. The molecule has 0 radical (unpaired) electrons. The number of nitriles is 1. The number of nitrogen functional groups attached to an aromatic ring is 1. The summed E-state index contributed by atoms with van der Waals surface area (Å²) in [5.41, 5.74) is 6.32. The third kappa shape index (κ3) is 4.94. The van der Waals surface area contributed by atoms with Crippen LogP contribution in [-0.4, -0.2) is 29.8 Å². The monoisotopic (exact) mass is 434 g/mol. The molecule has 3 rings (SSSR count). The van der Waals surface area contributed by atoms with Crippen LogP contribution in [-0.2, 0) is 0 Å². The molecule has 0 aromatic heterocycles. The Morgan fingerprint density at radius 2 is 1.77 bits per heavy atom. The maximum atomic E-state index is 12.0. The van der Waals surface area contributed by atoms with Crippen LogP contribution in [0, 0.1) is 21.4 Å². The largest absolute Gasteiger partial charge is 0.449 e. The second-order valence-corrected chi connectivity index (χ2v) is 7.80. The van der Waals surface area contributed by atoms with Crippen LogP contribution >= 0.6 is 11.8 Å². The van der Waals surface area contributed by atoms with Crippen LogP contribution < -0.4 is 10.5 Å². The van der Waals surface area contributed by atoms with Gasteiger partial charge in [-0.2, -0.15) is 5.26 Å². The summed E-state index contributed by atoms with van der Waals surface area (Å²) in [7, 11) is 3.35. The van der Waals surface area contributed by atoms with E-state index in [1.54, 1.807) is 62.6 Å². The number of amides is 1. The van der Waals surface area contributed by atoms with Gasteiger partial charge in [-0.25, -0.2) is 0 Å². The molecule has 0 aliphatic rings. The Hall–Kier alpha value is -4.03. The van der Waals surface area contributed by atoms with Crippen molar-refractivity contribution in [3.63, 3.8) is 0 Å². The van der Waals surface area contributed by atoms with E-state index in [0.717, 1.165) is 4.90 Å². The van der Waals surface area contributed by atoms with Gasteiger partial charge in [0.15, 0.2) is 0 Å². The summed E-state index contributed by atoms with van der Waals surface area (Å²) >= 11 is 1.31. The fourth-order valence-corrected chi connectivity index (χ4v) is 3.66. The van der Waals surface area contributed by atoms with E-state index >= 15 is 0 Å². The first-order valence-electron chi connectivity index (χ1n) is 9.04. The van der Waals surface area contributed by atoms with E-state index in [9.17, 15) is 20.2 Å². The minimum atomic E-state index is -0.615. The van der Waals surface area contributed by atoms with Crippen molar-refractivity contribution in [3.8, 4) is 17.6 Å². The Kier molecular flexibility index (Phi) is 6.43. The zero-order chi connectivity index (χ0) is 22.5. The molecular weight excluding hydrogens is 416 g/mol. The lowest BCUT2D eigenvalue weighted by atomic mass is 10.2. The highest BCUT2D eigenvalue weighted by Gasteiger charge is 2.23. The number of nitro benzene ring substituents is 1. The number of benzene rings is 3. The van der Waals surface area contributed by atoms with Crippen LogP contribution in [0.4, 0.5) is 11.4 Å². The van der Waals surface area contributed by atoms with Crippen molar-refractivity contribution in [2.24, 2.45) is 0 Å². The Labute approximate surface area is 183 Å². The third-order valence-electron chi connectivity index (χ3n) is 4.23. The molecule has 0 spiro atoms. The number of rotatable bonds is 6. The lowest BCUT2D eigenvalue weighted by Crippen LogP contribution is -2.21. The highest BCUT2D eigenvalue weighted by atomic mass is 32.2. The van der Waals surface area contributed by atoms with Crippen molar-refractivity contribution < 1.29 is 14.5 Å². The first-order valence-corrected chi connectivity index (χ1v) is 9.86. The number of nitrogens with two attached hydrogens (primary N) is 1. The molecule has 0 unspecified atom stereocenters. The summed E-state index contributed by atoms with van der Waals surface area (Å²) < 4.78 is 5.72. The summed E-state index contributed by atoms with van der Waals surface area (Å²) in [5.74, 6) is 0.0266. The smallest absolute Gasteiger partial charge is 0.334 e. The zero-order valence-electron chi connectivity index (χ0n) is 16.7. The van der Waals surface area contributed by atoms with Crippen molar-refractivity contribution >= 4 is 29.0 Å². The number of ether oxygens (including phenoxy) is 1. The van der Waals surface area contributed by atoms with Crippen molar-refractivity contribution in [2.45, 2.75) is 9.79 Å². The molecule has 8 nitrogen and oxygen atoms in total. The van der Waals surface area contributed by atoms with Crippen molar-refractivity contribution in [1.29, 1.82) is 5.26 Å². The van der Waals surface area contributed by atoms with E-state index in [2.05, 4.69) is 0 Å². The summed E-state index contributed by atoms with van der Waals surface area (Å²) in [6.45, 7) is 0. The van der Waals surface area contributed by atoms with Gasteiger partial charge in [0.25, 0.3) is 5.91 Å². The summed E-state index contributed by atoms with van der Waals surface area (Å²) in [4.78, 5) is 25.9. The molecule has 0 aliphatic carbocycles. The van der Waals surface area contributed by atoms with Gasteiger partial charge in [0.05, 0.1) is 10.5 Å². The van der Waals surface area contributed by atoms with Crippen LogP contribution in [0.15, 0.2) is 70.5 Å². The number of nitro groups is 1. The SMILES string of the molecule is CN(C)C(=O)c1ccc(Sc2cc(N)c([N+](=O)[O-])c(Oc3ccccc3C#N)c2)cc1. The summed E-state index contributed by atoms with van der Waals surface area (Å²) in [6.07, 6.45) is 0. The molecule has 156 valence electrons. The number of hydrogen-bond acceptors (Lipinski definition) is 7. The molecule has 0 atom stereocenters. The molecule has 0 fully saturated rings. The summed E-state index contributed by atoms with van der Waals surface area (Å²) in [6, 6.07) is 18.4. The molecule has 0 bridgehead atoms. The maximum absolute atomic E-state index is 12.0. The van der Waals surface area contributed by atoms with E-state index in [1.165, 1.54) is 28.8 Å². The second kappa shape index (κ2) is 9.19. The third-order valence-corrected chi connectivity index (χ3v) is 5.21. The molecule has 3 aromatic rings. The topological polar surface area (TPSA) is 122 Å². The lowest BCUT2D eigenvalue weighted by molar-refractivity contribution is -0.384. The minimum absolute atomic E-state index is 0.0566. The van der Waals surface area contributed by atoms with Crippen molar-refractivity contribution in [1.82, 2.24) is 4.90 Å². The molecule has 2 N–H and O–H groups in total. The molecule has 0 heterocycles. The number of para-hydroxylation sites is 1. The van der Waals surface area contributed by atoms with Gasteiger partial charge in [-0.3, -0.25) is 14.9 Å². The fraction of sp³-hybridized carbons (Fsp3) is 0.0909. The number of nitrogens with zero attached hydrogens (tertiary/aromatic N) is 3. The molecule has 9 heteroatoms. The molecule has 0 aliphatic heterocycles. The van der Waals surface area contributed by atoms with E-state index in [0.29, 0.717) is 10.5 Å². The Balaban J connectivity index is 1.94. The number of carbonyl (C=O) groups is 1. The van der Waals surface area contributed by atoms with Crippen LogP contribution in [0.5, 0.6) is 11.5 Å². The summed E-state index contributed by atoms with van der Waals surface area (Å²) in [5, 5.41) is 20.8. The lowest BCUT2D eigenvalue weighted by Gasteiger charge is -2.12. The van der Waals surface area contributed by atoms with Gasteiger partial charge in [0.1, 0.15) is 17.5 Å². The van der Waals surface area contributed by atoms with Gasteiger partial charge in [-0.1, -0.05) is 23.9 Å². The van der Waals surface area contributed by atoms with Crippen LogP contribution in [0.1, 0.15) is 15.9 Å². The average Bonchev–Trinajstić information content (AvgIpc) is 2.73. The molecule has 0 saturated carbocycles. The van der Waals surface area contributed by atoms with Gasteiger partial charge in [-0.05, 0) is 42.5 Å². The van der Waals surface area contributed by atoms with Gasteiger partial charge < -0.3 is 15.4 Å². The van der Waals surface area contributed by atoms with Gasteiger partial charge >= 0.3 is 5.69 Å². The van der Waals surface area contributed by atoms with E-state index in [1.807, 2.05) is 6.07 Å². The zero-order valence-corrected chi connectivity index (χ0v) is 17.6. The van der Waals surface area contributed by atoms with Crippen LogP contribution in [0.2, 0.25) is 0 Å². The molecule has 1 amide bonds. The van der Waals surface area contributed by atoms with Gasteiger partial charge in [-0.15, -0.1) is 0 Å². The Morgan fingerprint density at radius 3 is 2.39 bits per heavy atom. The van der Waals surface area contributed by atoms with Gasteiger partial charge in [0, 0.05) is 35.5 Å². The number of anilines is 1.